The summed E-state index contributed by atoms with van der Waals surface area (Å²) in [4.78, 5) is 16.0. The summed E-state index contributed by atoms with van der Waals surface area (Å²) < 4.78 is 0. The highest BCUT2D eigenvalue weighted by Crippen LogP contribution is 2.17. The minimum absolute atomic E-state index is 0. The topological polar surface area (TPSA) is 57.4 Å². The minimum Gasteiger partial charge on any atom is -0.355 e. The fraction of sp³-hybridized carbons (Fsp3) is 0. The Morgan fingerprint density at radius 1 is 0.480 bits per heavy atom. The SMILES string of the molecule is C1=Cc2cc3ccc(cc4ccc(cc5nc(cc1n2)C=C5)[nH]4)[nH]3.[Mg]. The van der Waals surface area contributed by atoms with E-state index in [1.54, 1.807) is 0 Å². The Morgan fingerprint density at radius 2 is 0.840 bits per heavy atom. The van der Waals surface area contributed by atoms with Crippen LogP contribution in [-0.2, 0) is 0 Å². The molecule has 0 fully saturated rings. The summed E-state index contributed by atoms with van der Waals surface area (Å²) in [6.07, 6.45) is 8.05. The fourth-order valence-corrected chi connectivity index (χ4v) is 2.94. The summed E-state index contributed by atoms with van der Waals surface area (Å²) in [7, 11) is 0. The molecule has 0 saturated heterocycles. The highest BCUT2D eigenvalue weighted by atomic mass is 24.3. The first-order valence-corrected chi connectivity index (χ1v) is 7.85. The molecule has 5 rings (SSSR count). The maximum Gasteiger partial charge on any atom is 0.0659 e. The number of hydrogen-bond donors (Lipinski definition) is 2. The van der Waals surface area contributed by atoms with Gasteiger partial charge in [0.25, 0.3) is 0 Å². The molecule has 116 valence electrons. The molecule has 5 heteroatoms. The van der Waals surface area contributed by atoms with Crippen molar-refractivity contribution in [2.24, 2.45) is 0 Å². The van der Waals surface area contributed by atoms with Crippen LogP contribution in [0.5, 0.6) is 0 Å². The quantitative estimate of drug-likeness (QED) is 0.415. The molecule has 8 bridgehead atoms. The molecule has 3 aromatic rings. The zero-order chi connectivity index (χ0) is 15.9. The number of nitrogens with zero attached hydrogens (tertiary/aromatic N) is 2. The zero-order valence-corrected chi connectivity index (χ0v) is 14.9. The third kappa shape index (κ3) is 3.29. The smallest absolute Gasteiger partial charge is 0.0659 e. The Morgan fingerprint density at radius 3 is 1.28 bits per heavy atom. The van der Waals surface area contributed by atoms with Crippen molar-refractivity contribution in [2.45, 2.75) is 0 Å². The first kappa shape index (κ1) is 15.9. The van der Waals surface area contributed by atoms with Crippen molar-refractivity contribution in [3.8, 4) is 0 Å². The third-order valence-corrected chi connectivity index (χ3v) is 4.04. The average molecular weight is 335 g/mol. The van der Waals surface area contributed by atoms with Gasteiger partial charge in [-0.05, 0) is 72.8 Å². The molecule has 25 heavy (non-hydrogen) atoms. The second-order valence-corrected chi connectivity index (χ2v) is 5.91. The molecule has 0 aromatic carbocycles. The predicted molar refractivity (Wildman–Crippen MR) is 105 cm³/mol. The highest BCUT2D eigenvalue weighted by Gasteiger charge is 2.02. The maximum atomic E-state index is 4.62. The highest BCUT2D eigenvalue weighted by molar-refractivity contribution is 5.77. The molecule has 2 N–H and O–H groups in total. The Hall–Kier alpha value is -2.63. The zero-order valence-electron chi connectivity index (χ0n) is 13.5. The van der Waals surface area contributed by atoms with Gasteiger partial charge in [0, 0.05) is 45.1 Å². The van der Waals surface area contributed by atoms with E-state index < -0.39 is 0 Å². The van der Waals surface area contributed by atoms with E-state index in [0.29, 0.717) is 0 Å². The van der Waals surface area contributed by atoms with Crippen LogP contribution in [0.2, 0.25) is 0 Å². The molecule has 0 saturated carbocycles. The Bertz CT molecular complexity index is 1080. The van der Waals surface area contributed by atoms with Crippen molar-refractivity contribution >= 4 is 69.4 Å². The van der Waals surface area contributed by atoms with Crippen LogP contribution >= 0.6 is 0 Å². The molecule has 2 aliphatic rings. The molecule has 0 spiro atoms. The molecule has 5 heterocycles. The molecular formula is C20H14MgN4. The van der Waals surface area contributed by atoms with E-state index in [1.807, 2.05) is 42.5 Å². The third-order valence-electron chi connectivity index (χ3n) is 4.04. The second kappa shape index (κ2) is 6.35. The van der Waals surface area contributed by atoms with Crippen LogP contribution in [0.15, 0.2) is 48.5 Å². The van der Waals surface area contributed by atoms with Crippen molar-refractivity contribution in [1.82, 2.24) is 19.9 Å². The van der Waals surface area contributed by atoms with Crippen LogP contribution in [0.4, 0.5) is 0 Å². The lowest BCUT2D eigenvalue weighted by molar-refractivity contribution is 1.28. The standard InChI is InChI=1S/C20H14N4.Mg/c1-2-14-10-16-5-6-18(23-16)12-20-8-7-19(24-20)11-17-4-3-15(22-17)9-13(1)21-14;/h1-12,21-22H;. The largest absolute Gasteiger partial charge is 0.355 e. The fourth-order valence-electron chi connectivity index (χ4n) is 2.94. The normalized spacial score (nSPS) is 12.2. The summed E-state index contributed by atoms with van der Waals surface area (Å²) in [5.74, 6) is 0. The second-order valence-electron chi connectivity index (χ2n) is 5.91. The van der Waals surface area contributed by atoms with Crippen molar-refractivity contribution in [3.05, 3.63) is 71.3 Å². The van der Waals surface area contributed by atoms with Gasteiger partial charge in [-0.3, -0.25) is 0 Å². The number of H-pyrrole nitrogens is 2. The van der Waals surface area contributed by atoms with Gasteiger partial charge in [0.2, 0.25) is 0 Å². The van der Waals surface area contributed by atoms with Crippen LogP contribution in [0.25, 0.3) is 46.4 Å². The molecule has 2 aliphatic heterocycles. The van der Waals surface area contributed by atoms with Gasteiger partial charge in [-0.1, -0.05) is 0 Å². The number of rotatable bonds is 0. The lowest BCUT2D eigenvalue weighted by Crippen LogP contribution is -1.77. The lowest BCUT2D eigenvalue weighted by atomic mass is 10.3. The van der Waals surface area contributed by atoms with Crippen molar-refractivity contribution in [1.29, 1.82) is 0 Å². The summed E-state index contributed by atoms with van der Waals surface area (Å²) in [6.45, 7) is 0. The first-order chi connectivity index (χ1) is 11.8. The molecule has 3 aromatic heterocycles. The van der Waals surface area contributed by atoms with E-state index in [-0.39, 0.29) is 23.1 Å². The molecule has 0 aliphatic carbocycles. The van der Waals surface area contributed by atoms with Crippen molar-refractivity contribution < 1.29 is 0 Å². The Kier molecular flexibility index (Phi) is 4.03. The first-order valence-electron chi connectivity index (χ1n) is 7.85. The van der Waals surface area contributed by atoms with E-state index in [9.17, 15) is 0 Å². The molecule has 2 radical (unpaired) electrons. The molecule has 4 nitrogen and oxygen atoms in total. The molecule has 0 amide bonds. The van der Waals surface area contributed by atoms with Gasteiger partial charge < -0.3 is 9.97 Å². The van der Waals surface area contributed by atoms with Gasteiger partial charge >= 0.3 is 0 Å². The molecular weight excluding hydrogens is 321 g/mol. The van der Waals surface area contributed by atoms with Crippen molar-refractivity contribution in [3.63, 3.8) is 0 Å². The van der Waals surface area contributed by atoms with Gasteiger partial charge in [-0.15, -0.1) is 0 Å². The molecule has 0 unspecified atom stereocenters. The van der Waals surface area contributed by atoms with Crippen LogP contribution in [-0.4, -0.2) is 43.0 Å². The summed E-state index contributed by atoms with van der Waals surface area (Å²) in [5.41, 5.74) is 7.86. The van der Waals surface area contributed by atoms with E-state index in [0.717, 1.165) is 44.8 Å². The van der Waals surface area contributed by atoms with E-state index in [1.165, 1.54) is 0 Å². The summed E-state index contributed by atoms with van der Waals surface area (Å²) in [5, 5.41) is 0. The van der Waals surface area contributed by atoms with Gasteiger partial charge in [-0.25, -0.2) is 9.97 Å². The minimum atomic E-state index is 0. The predicted octanol–water partition coefficient (Wildman–Crippen LogP) is 4.27. The van der Waals surface area contributed by atoms with E-state index in [4.69, 9.17) is 0 Å². The number of fused-ring (bicyclic) bond motifs is 8. The average Bonchev–Trinajstić information content (AvgIpc) is 3.32. The monoisotopic (exact) mass is 334 g/mol. The van der Waals surface area contributed by atoms with Crippen molar-refractivity contribution in [2.75, 3.05) is 0 Å². The van der Waals surface area contributed by atoms with Crippen LogP contribution in [0, 0.1) is 0 Å². The van der Waals surface area contributed by atoms with Gasteiger partial charge in [-0.2, -0.15) is 0 Å². The summed E-state index contributed by atoms with van der Waals surface area (Å²) in [6, 6.07) is 16.4. The number of nitrogens with one attached hydrogen (secondary N) is 2. The Balaban J connectivity index is 0.00000157. The number of hydrogen-bond acceptors (Lipinski definition) is 2. The number of aromatic nitrogens is 4. The van der Waals surface area contributed by atoms with E-state index >= 15 is 0 Å². The van der Waals surface area contributed by atoms with E-state index in [2.05, 4.69) is 50.3 Å². The maximum absolute atomic E-state index is 4.62. The van der Waals surface area contributed by atoms with Crippen LogP contribution in [0.3, 0.4) is 0 Å². The number of aromatic amines is 2. The van der Waals surface area contributed by atoms with Gasteiger partial charge in [0.1, 0.15) is 0 Å². The Labute approximate surface area is 160 Å². The van der Waals surface area contributed by atoms with Crippen LogP contribution < -0.4 is 0 Å². The molecule has 0 atom stereocenters. The van der Waals surface area contributed by atoms with Crippen LogP contribution in [0.1, 0.15) is 22.8 Å². The lowest BCUT2D eigenvalue weighted by Gasteiger charge is -1.86. The van der Waals surface area contributed by atoms with Gasteiger partial charge in [0.05, 0.1) is 22.8 Å². The summed E-state index contributed by atoms with van der Waals surface area (Å²) >= 11 is 0. The van der Waals surface area contributed by atoms with Gasteiger partial charge in [0.15, 0.2) is 0 Å².